The first-order valence-corrected chi connectivity index (χ1v) is 14.0. The molecule has 210 valence electrons. The number of anilines is 1. The van der Waals surface area contributed by atoms with Gasteiger partial charge < -0.3 is 10.1 Å². The molecule has 8 heteroatoms. The maximum absolute atomic E-state index is 14.6. The Morgan fingerprint density at radius 3 is 2.38 bits per heavy atom. The quantitative estimate of drug-likeness (QED) is 0.486. The van der Waals surface area contributed by atoms with Crippen molar-refractivity contribution in [1.29, 1.82) is 0 Å². The monoisotopic (exact) mass is 537 g/mol. The summed E-state index contributed by atoms with van der Waals surface area (Å²) in [6, 6.07) is 11.3. The minimum absolute atomic E-state index is 0.0203. The van der Waals surface area contributed by atoms with Crippen molar-refractivity contribution in [3.05, 3.63) is 65.5 Å². The van der Waals surface area contributed by atoms with Crippen molar-refractivity contribution in [3.8, 4) is 0 Å². The van der Waals surface area contributed by atoms with Crippen molar-refractivity contribution < 1.29 is 23.5 Å². The van der Waals surface area contributed by atoms with Crippen molar-refractivity contribution >= 4 is 23.6 Å². The third-order valence-electron chi connectivity index (χ3n) is 7.43. The van der Waals surface area contributed by atoms with Gasteiger partial charge in [0.25, 0.3) is 5.91 Å². The maximum Gasteiger partial charge on any atom is 0.410 e. The standard InChI is InChI=1S/C31H40FN3O4/c1-21-12-8-9-17-25(21)27(28(36)33-23-14-6-5-7-15-23)35(24-16-10-13-22(32)20-24)29(37)26-18-11-19-34(26)30(38)39-31(2,3)4/h8-10,12-13,16-17,20,23,26-27H,5-7,11,14-15,18-19H2,1-4H3,(H,33,36)/t26-,27+/m1/s1. The molecule has 2 aromatic carbocycles. The Labute approximate surface area is 230 Å². The second-order valence-corrected chi connectivity index (χ2v) is 11.6. The van der Waals surface area contributed by atoms with Crippen LogP contribution in [0.15, 0.2) is 48.5 Å². The zero-order chi connectivity index (χ0) is 28.2. The summed E-state index contributed by atoms with van der Waals surface area (Å²) in [7, 11) is 0. The average Bonchev–Trinajstić information content (AvgIpc) is 3.37. The molecule has 3 amide bonds. The van der Waals surface area contributed by atoms with E-state index in [1.165, 1.54) is 28.0 Å². The Morgan fingerprint density at radius 2 is 1.72 bits per heavy atom. The Hall–Kier alpha value is -3.42. The molecule has 0 aromatic heterocycles. The molecule has 0 unspecified atom stereocenters. The van der Waals surface area contributed by atoms with Crippen molar-refractivity contribution in [1.82, 2.24) is 10.2 Å². The van der Waals surface area contributed by atoms with Gasteiger partial charge in [0.2, 0.25) is 5.91 Å². The van der Waals surface area contributed by atoms with Gasteiger partial charge >= 0.3 is 6.09 Å². The fourth-order valence-electron chi connectivity index (χ4n) is 5.57. The predicted molar refractivity (Wildman–Crippen MR) is 149 cm³/mol. The minimum atomic E-state index is -1.04. The molecule has 1 N–H and O–H groups in total. The molecule has 2 aliphatic rings. The Morgan fingerprint density at radius 1 is 1.00 bits per heavy atom. The van der Waals surface area contributed by atoms with Crippen LogP contribution in [-0.4, -0.2) is 47.0 Å². The molecule has 0 bridgehead atoms. The van der Waals surface area contributed by atoms with Gasteiger partial charge in [-0.25, -0.2) is 9.18 Å². The normalized spacial score (nSPS) is 18.9. The van der Waals surface area contributed by atoms with Crippen molar-refractivity contribution in [2.75, 3.05) is 11.4 Å². The lowest BCUT2D eigenvalue weighted by molar-refractivity contribution is -0.129. The molecular weight excluding hydrogens is 497 g/mol. The summed E-state index contributed by atoms with van der Waals surface area (Å²) in [5, 5.41) is 3.19. The van der Waals surface area contributed by atoms with Crippen LogP contribution in [0.3, 0.4) is 0 Å². The number of hydrogen-bond acceptors (Lipinski definition) is 4. The number of rotatable bonds is 6. The first kappa shape index (κ1) is 28.6. The molecule has 2 fully saturated rings. The van der Waals surface area contributed by atoms with Crippen molar-refractivity contribution in [2.24, 2.45) is 0 Å². The lowest BCUT2D eigenvalue weighted by atomic mass is 9.93. The van der Waals surface area contributed by atoms with E-state index in [0.29, 0.717) is 24.9 Å². The van der Waals surface area contributed by atoms with Crippen LogP contribution in [0.25, 0.3) is 0 Å². The van der Waals surface area contributed by atoms with Gasteiger partial charge in [-0.3, -0.25) is 19.4 Å². The number of hydrogen-bond donors (Lipinski definition) is 1. The molecule has 2 atom stereocenters. The number of amides is 3. The van der Waals surface area contributed by atoms with Gasteiger partial charge in [0.1, 0.15) is 23.5 Å². The molecule has 1 aliphatic carbocycles. The Balaban J connectivity index is 1.77. The van der Waals surface area contributed by atoms with Crippen LogP contribution in [0, 0.1) is 12.7 Å². The van der Waals surface area contributed by atoms with E-state index < -0.39 is 35.5 Å². The highest BCUT2D eigenvalue weighted by atomic mass is 19.1. The van der Waals surface area contributed by atoms with Crippen LogP contribution >= 0.6 is 0 Å². The molecule has 1 heterocycles. The SMILES string of the molecule is Cc1ccccc1[C@@H](C(=O)NC1CCCCC1)N(C(=O)[C@H]1CCCN1C(=O)OC(C)(C)C)c1cccc(F)c1. The summed E-state index contributed by atoms with van der Waals surface area (Å²) in [4.78, 5) is 44.4. The van der Waals surface area contributed by atoms with Crippen LogP contribution in [0.5, 0.6) is 0 Å². The second-order valence-electron chi connectivity index (χ2n) is 11.6. The van der Waals surface area contributed by atoms with Gasteiger partial charge in [0, 0.05) is 18.3 Å². The lowest BCUT2D eigenvalue weighted by Crippen LogP contribution is -2.53. The predicted octanol–water partition coefficient (Wildman–Crippen LogP) is 6.06. The van der Waals surface area contributed by atoms with Gasteiger partial charge in [-0.15, -0.1) is 0 Å². The molecule has 1 aliphatic heterocycles. The summed E-state index contributed by atoms with van der Waals surface area (Å²) >= 11 is 0. The highest BCUT2D eigenvalue weighted by molar-refractivity contribution is 6.05. The van der Waals surface area contributed by atoms with E-state index in [-0.39, 0.29) is 17.6 Å². The minimum Gasteiger partial charge on any atom is -0.444 e. The van der Waals surface area contributed by atoms with E-state index >= 15 is 0 Å². The van der Waals surface area contributed by atoms with Crippen LogP contribution in [0.2, 0.25) is 0 Å². The number of aryl methyl sites for hydroxylation is 1. The number of carbonyl (C=O) groups is 3. The molecule has 4 rings (SSSR count). The van der Waals surface area contributed by atoms with E-state index in [4.69, 9.17) is 4.74 Å². The number of carbonyl (C=O) groups excluding carboxylic acids is 3. The van der Waals surface area contributed by atoms with E-state index in [1.54, 1.807) is 26.8 Å². The van der Waals surface area contributed by atoms with E-state index in [0.717, 1.165) is 37.7 Å². The van der Waals surface area contributed by atoms with Gasteiger partial charge in [0.05, 0.1) is 0 Å². The summed E-state index contributed by atoms with van der Waals surface area (Å²) in [5.74, 6) is -1.26. The summed E-state index contributed by atoms with van der Waals surface area (Å²) < 4.78 is 20.2. The number of nitrogens with zero attached hydrogens (tertiary/aromatic N) is 2. The highest BCUT2D eigenvalue weighted by Crippen LogP contribution is 2.34. The second kappa shape index (κ2) is 12.2. The summed E-state index contributed by atoms with van der Waals surface area (Å²) in [6.45, 7) is 7.60. The third kappa shape index (κ3) is 6.97. The van der Waals surface area contributed by atoms with Gasteiger partial charge in [0.15, 0.2) is 0 Å². The van der Waals surface area contributed by atoms with E-state index in [1.807, 2.05) is 31.2 Å². The fraction of sp³-hybridized carbons (Fsp3) is 0.516. The number of nitrogens with one attached hydrogen (secondary N) is 1. The van der Waals surface area contributed by atoms with Crippen LogP contribution in [-0.2, 0) is 14.3 Å². The molecular formula is C31H40FN3O4. The highest BCUT2D eigenvalue weighted by Gasteiger charge is 2.43. The van der Waals surface area contributed by atoms with Crippen LogP contribution in [0.4, 0.5) is 14.9 Å². The first-order chi connectivity index (χ1) is 18.5. The van der Waals surface area contributed by atoms with Crippen LogP contribution in [0.1, 0.15) is 82.9 Å². The van der Waals surface area contributed by atoms with Crippen molar-refractivity contribution in [2.45, 2.75) is 96.4 Å². The van der Waals surface area contributed by atoms with E-state index in [2.05, 4.69) is 5.32 Å². The third-order valence-corrected chi connectivity index (χ3v) is 7.43. The van der Waals surface area contributed by atoms with Gasteiger partial charge in [-0.2, -0.15) is 0 Å². The summed E-state index contributed by atoms with van der Waals surface area (Å²) in [5.41, 5.74) is 1.04. The first-order valence-electron chi connectivity index (χ1n) is 14.0. The molecule has 2 aromatic rings. The fourth-order valence-corrected chi connectivity index (χ4v) is 5.57. The zero-order valence-electron chi connectivity index (χ0n) is 23.4. The Kier molecular flexibility index (Phi) is 8.93. The average molecular weight is 538 g/mol. The molecule has 39 heavy (non-hydrogen) atoms. The smallest absolute Gasteiger partial charge is 0.410 e. The maximum atomic E-state index is 14.6. The molecule has 1 saturated carbocycles. The Bertz CT molecular complexity index is 1190. The molecule has 0 spiro atoms. The van der Waals surface area contributed by atoms with E-state index in [9.17, 15) is 18.8 Å². The lowest BCUT2D eigenvalue weighted by Gasteiger charge is -2.37. The van der Waals surface area contributed by atoms with Crippen molar-refractivity contribution in [3.63, 3.8) is 0 Å². The van der Waals surface area contributed by atoms with Gasteiger partial charge in [-0.05, 0) is 82.7 Å². The molecule has 7 nitrogen and oxygen atoms in total. The number of halogens is 1. The number of likely N-dealkylation sites (tertiary alicyclic amines) is 1. The molecule has 1 saturated heterocycles. The van der Waals surface area contributed by atoms with Gasteiger partial charge in [-0.1, -0.05) is 49.6 Å². The summed E-state index contributed by atoms with van der Waals surface area (Å²) in [6.07, 6.45) is 5.47. The topological polar surface area (TPSA) is 79.0 Å². The number of ether oxygens (including phenoxy) is 1. The largest absolute Gasteiger partial charge is 0.444 e. The van der Waals surface area contributed by atoms with Crippen LogP contribution < -0.4 is 10.2 Å². The number of benzene rings is 2. The zero-order valence-corrected chi connectivity index (χ0v) is 23.4. The molecule has 0 radical (unpaired) electrons.